The van der Waals surface area contributed by atoms with Crippen molar-refractivity contribution < 1.29 is 17.7 Å². The Bertz CT molecular complexity index is 723. The van der Waals surface area contributed by atoms with Crippen molar-refractivity contribution in [3.63, 3.8) is 0 Å². The van der Waals surface area contributed by atoms with Gasteiger partial charge in [-0.25, -0.2) is 0 Å². The van der Waals surface area contributed by atoms with Crippen molar-refractivity contribution in [2.45, 2.75) is 24.8 Å². The zero-order chi connectivity index (χ0) is 15.5. The Morgan fingerprint density at radius 1 is 1.10 bits per heavy atom. The van der Waals surface area contributed by atoms with Gasteiger partial charge in [0.25, 0.3) is 10.1 Å². The first kappa shape index (κ1) is 15.7. The second-order valence-electron chi connectivity index (χ2n) is 4.90. The van der Waals surface area contributed by atoms with Crippen LogP contribution in [0.2, 0.25) is 0 Å². The van der Waals surface area contributed by atoms with E-state index in [-0.39, 0.29) is 4.90 Å². The number of aliphatic hydroxyl groups excluding tert-OH is 1. The van der Waals surface area contributed by atoms with E-state index in [1.165, 1.54) is 6.07 Å². The highest BCUT2D eigenvalue weighted by molar-refractivity contribution is 7.86. The summed E-state index contributed by atoms with van der Waals surface area (Å²) in [6, 6.07) is 13.8. The average molecular weight is 306 g/mol. The van der Waals surface area contributed by atoms with Crippen LogP contribution < -0.4 is 0 Å². The number of aryl methyl sites for hydroxylation is 2. The molecule has 0 heterocycles. The first-order valence-electron chi connectivity index (χ1n) is 6.60. The van der Waals surface area contributed by atoms with Gasteiger partial charge in [-0.05, 0) is 31.0 Å². The smallest absolute Gasteiger partial charge is 0.297 e. The molecule has 0 saturated carbocycles. The molecule has 1 N–H and O–H groups in total. The van der Waals surface area contributed by atoms with Crippen LogP contribution in [0.15, 0.2) is 53.4 Å². The van der Waals surface area contributed by atoms with Crippen molar-refractivity contribution in [2.24, 2.45) is 0 Å². The Morgan fingerprint density at radius 2 is 1.81 bits per heavy atom. The fraction of sp³-hybridized carbons (Fsp3) is 0.250. The molecule has 0 unspecified atom stereocenters. The summed E-state index contributed by atoms with van der Waals surface area (Å²) in [6.45, 7) is 3.19. The van der Waals surface area contributed by atoms with Crippen molar-refractivity contribution in [3.8, 4) is 0 Å². The summed E-state index contributed by atoms with van der Waals surface area (Å²) in [5.41, 5.74) is 2.22. The van der Waals surface area contributed by atoms with Gasteiger partial charge in [0.05, 0.1) is 11.5 Å². The first-order chi connectivity index (χ1) is 9.94. The van der Waals surface area contributed by atoms with Crippen LogP contribution in [-0.4, -0.2) is 20.1 Å². The standard InChI is InChI=1S/C16H18O4S/c1-12-6-5-8-14(10-12)15(11-17)20-21(18,19)16-9-4-3-7-13(16)2/h3-10,15,17H,11H2,1-2H3/t15-/m1/s1. The van der Waals surface area contributed by atoms with Crippen LogP contribution in [0.5, 0.6) is 0 Å². The van der Waals surface area contributed by atoms with E-state index in [4.69, 9.17) is 4.18 Å². The molecule has 5 heteroatoms. The fourth-order valence-corrected chi connectivity index (χ4v) is 3.39. The molecule has 0 aliphatic carbocycles. The van der Waals surface area contributed by atoms with Crippen molar-refractivity contribution in [1.29, 1.82) is 0 Å². The molecular weight excluding hydrogens is 288 g/mol. The molecule has 1 atom stereocenters. The molecule has 0 spiro atoms. The zero-order valence-electron chi connectivity index (χ0n) is 12.0. The Hall–Kier alpha value is -1.69. The van der Waals surface area contributed by atoms with Crippen LogP contribution in [-0.2, 0) is 14.3 Å². The molecule has 0 fully saturated rings. The molecule has 0 bridgehead atoms. The van der Waals surface area contributed by atoms with Crippen molar-refractivity contribution >= 4 is 10.1 Å². The van der Waals surface area contributed by atoms with E-state index < -0.39 is 22.8 Å². The number of hydrogen-bond acceptors (Lipinski definition) is 4. The summed E-state index contributed by atoms with van der Waals surface area (Å²) in [6.07, 6.45) is -0.908. The van der Waals surface area contributed by atoms with Crippen molar-refractivity contribution in [3.05, 3.63) is 65.2 Å². The Labute approximate surface area is 125 Å². The normalized spacial score (nSPS) is 13.1. The molecule has 0 aromatic heterocycles. The molecule has 112 valence electrons. The molecule has 4 nitrogen and oxygen atoms in total. The van der Waals surface area contributed by atoms with Crippen LogP contribution in [0.1, 0.15) is 22.8 Å². The highest BCUT2D eigenvalue weighted by atomic mass is 32.2. The SMILES string of the molecule is Cc1cccc([C@@H](CO)OS(=O)(=O)c2ccccc2C)c1. The third-order valence-corrected chi connectivity index (χ3v) is 4.67. The molecular formula is C16H18O4S. The second-order valence-corrected chi connectivity index (χ2v) is 6.44. The van der Waals surface area contributed by atoms with Gasteiger partial charge in [-0.2, -0.15) is 8.42 Å². The first-order valence-corrected chi connectivity index (χ1v) is 8.01. The largest absolute Gasteiger partial charge is 0.393 e. The Kier molecular flexibility index (Phi) is 4.77. The molecule has 21 heavy (non-hydrogen) atoms. The molecule has 0 saturated heterocycles. The lowest BCUT2D eigenvalue weighted by Gasteiger charge is -2.17. The molecule has 0 radical (unpaired) electrons. The van der Waals surface area contributed by atoms with E-state index in [9.17, 15) is 13.5 Å². The average Bonchev–Trinajstić information content (AvgIpc) is 2.45. The van der Waals surface area contributed by atoms with Gasteiger partial charge >= 0.3 is 0 Å². The topological polar surface area (TPSA) is 63.6 Å². The fourth-order valence-electron chi connectivity index (χ4n) is 2.10. The van der Waals surface area contributed by atoms with Gasteiger partial charge in [-0.1, -0.05) is 48.0 Å². The molecule has 2 aromatic carbocycles. The second kappa shape index (κ2) is 6.39. The lowest BCUT2D eigenvalue weighted by atomic mass is 10.1. The van der Waals surface area contributed by atoms with Gasteiger partial charge in [0, 0.05) is 0 Å². The Morgan fingerprint density at radius 3 is 2.43 bits per heavy atom. The van der Waals surface area contributed by atoms with Gasteiger partial charge < -0.3 is 5.11 Å². The van der Waals surface area contributed by atoms with E-state index in [1.54, 1.807) is 43.3 Å². The van der Waals surface area contributed by atoms with Crippen LogP contribution in [0.25, 0.3) is 0 Å². The van der Waals surface area contributed by atoms with Gasteiger partial charge in [0.1, 0.15) is 6.10 Å². The van der Waals surface area contributed by atoms with Crippen molar-refractivity contribution in [2.75, 3.05) is 6.61 Å². The van der Waals surface area contributed by atoms with Crippen LogP contribution in [0, 0.1) is 13.8 Å². The van der Waals surface area contributed by atoms with Gasteiger partial charge in [-0.3, -0.25) is 4.18 Å². The minimum atomic E-state index is -3.92. The minimum absolute atomic E-state index is 0.121. The minimum Gasteiger partial charge on any atom is -0.393 e. The number of aliphatic hydroxyl groups is 1. The zero-order valence-corrected chi connectivity index (χ0v) is 12.8. The predicted octanol–water partition coefficient (Wildman–Crippen LogP) is 2.74. The molecule has 0 amide bonds. The molecule has 2 aromatic rings. The number of rotatable bonds is 5. The third-order valence-electron chi connectivity index (χ3n) is 3.19. The summed E-state index contributed by atoms with van der Waals surface area (Å²) in [5.74, 6) is 0. The van der Waals surface area contributed by atoms with Gasteiger partial charge in [0.2, 0.25) is 0 Å². The van der Waals surface area contributed by atoms with E-state index >= 15 is 0 Å². The van der Waals surface area contributed by atoms with E-state index in [2.05, 4.69) is 0 Å². The summed E-state index contributed by atoms with van der Waals surface area (Å²) >= 11 is 0. The quantitative estimate of drug-likeness (QED) is 0.863. The maximum Gasteiger partial charge on any atom is 0.297 e. The van der Waals surface area contributed by atoms with Crippen molar-refractivity contribution in [1.82, 2.24) is 0 Å². The van der Waals surface area contributed by atoms with E-state index in [0.29, 0.717) is 11.1 Å². The predicted molar refractivity (Wildman–Crippen MR) is 80.5 cm³/mol. The number of hydrogen-bond donors (Lipinski definition) is 1. The lowest BCUT2D eigenvalue weighted by molar-refractivity contribution is 0.122. The molecule has 0 aliphatic heterocycles. The maximum absolute atomic E-state index is 12.3. The monoisotopic (exact) mass is 306 g/mol. The van der Waals surface area contributed by atoms with E-state index in [0.717, 1.165) is 5.56 Å². The third kappa shape index (κ3) is 3.69. The highest BCUT2D eigenvalue weighted by Crippen LogP contribution is 2.25. The molecule has 2 rings (SSSR count). The van der Waals surface area contributed by atoms with Crippen LogP contribution >= 0.6 is 0 Å². The van der Waals surface area contributed by atoms with Gasteiger partial charge in [0.15, 0.2) is 0 Å². The maximum atomic E-state index is 12.3. The summed E-state index contributed by atoms with van der Waals surface area (Å²) in [5, 5.41) is 9.46. The highest BCUT2D eigenvalue weighted by Gasteiger charge is 2.24. The van der Waals surface area contributed by atoms with Crippen LogP contribution in [0.3, 0.4) is 0 Å². The number of benzene rings is 2. The van der Waals surface area contributed by atoms with Gasteiger partial charge in [-0.15, -0.1) is 0 Å². The summed E-state index contributed by atoms with van der Waals surface area (Å²) in [4.78, 5) is 0.121. The Balaban J connectivity index is 2.32. The summed E-state index contributed by atoms with van der Waals surface area (Å²) in [7, 11) is -3.92. The van der Waals surface area contributed by atoms with Crippen LogP contribution in [0.4, 0.5) is 0 Å². The lowest BCUT2D eigenvalue weighted by Crippen LogP contribution is -2.16. The van der Waals surface area contributed by atoms with E-state index in [1.807, 2.05) is 13.0 Å². The summed E-state index contributed by atoms with van der Waals surface area (Å²) < 4.78 is 29.9. The molecule has 0 aliphatic rings.